The number of nitrogens with one attached hydrogen (secondary N) is 2. The summed E-state index contributed by atoms with van der Waals surface area (Å²) >= 11 is 1.33. The van der Waals surface area contributed by atoms with Gasteiger partial charge in [0.05, 0.1) is 5.56 Å². The third-order valence-electron chi connectivity index (χ3n) is 2.33. The Bertz CT molecular complexity index is 414. The first-order valence-corrected chi connectivity index (χ1v) is 5.34. The van der Waals surface area contributed by atoms with Gasteiger partial charge in [-0.15, -0.1) is 11.3 Å². The van der Waals surface area contributed by atoms with Crippen LogP contribution in [0.1, 0.15) is 20.8 Å². The van der Waals surface area contributed by atoms with Crippen molar-refractivity contribution in [1.29, 1.82) is 0 Å². The van der Waals surface area contributed by atoms with Crippen molar-refractivity contribution in [2.24, 2.45) is 0 Å². The Labute approximate surface area is 90.1 Å². The van der Waals surface area contributed by atoms with Crippen LogP contribution in [0.15, 0.2) is 0 Å². The maximum Gasteiger partial charge on any atom is 0.339 e. The summed E-state index contributed by atoms with van der Waals surface area (Å²) in [6, 6.07) is 0. The van der Waals surface area contributed by atoms with Crippen molar-refractivity contribution in [2.45, 2.75) is 13.0 Å². The van der Waals surface area contributed by atoms with Crippen molar-refractivity contribution in [1.82, 2.24) is 5.32 Å². The van der Waals surface area contributed by atoms with Crippen LogP contribution in [0.2, 0.25) is 0 Å². The minimum absolute atomic E-state index is 0.253. The second-order valence-corrected chi connectivity index (χ2v) is 4.31. The van der Waals surface area contributed by atoms with Crippen molar-refractivity contribution in [2.75, 3.05) is 11.9 Å². The van der Waals surface area contributed by atoms with E-state index in [-0.39, 0.29) is 5.56 Å². The number of hydrogen-bond acceptors (Lipinski definition) is 4. The number of carbonyl (C=O) groups excluding carboxylic acids is 1. The van der Waals surface area contributed by atoms with E-state index in [0.717, 1.165) is 17.0 Å². The molecule has 0 saturated heterocycles. The number of thiophene rings is 1. The fraction of sp³-hybridized carbons (Fsp3) is 0.333. The zero-order valence-electron chi connectivity index (χ0n) is 7.87. The molecule has 0 bridgehead atoms. The molecule has 2 rings (SSSR count). The minimum atomic E-state index is -0.973. The van der Waals surface area contributed by atoms with Gasteiger partial charge in [0.15, 0.2) is 0 Å². The van der Waals surface area contributed by atoms with Crippen LogP contribution >= 0.6 is 11.3 Å². The summed E-state index contributed by atoms with van der Waals surface area (Å²) < 4.78 is 0. The zero-order chi connectivity index (χ0) is 10.8. The number of anilines is 1. The standard InChI is InChI=1S/C9H10N2O3S/c12-4-11-8-7(9(13)14)5-1-2-10-3-6(5)15-8/h4,10H,1-3H2,(H,11,12)(H,13,14). The molecule has 1 aliphatic heterocycles. The topological polar surface area (TPSA) is 78.4 Å². The van der Waals surface area contributed by atoms with Crippen molar-refractivity contribution < 1.29 is 14.7 Å². The van der Waals surface area contributed by atoms with Crippen LogP contribution in [0.4, 0.5) is 5.00 Å². The van der Waals surface area contributed by atoms with Gasteiger partial charge in [-0.2, -0.15) is 0 Å². The van der Waals surface area contributed by atoms with Gasteiger partial charge in [-0.05, 0) is 18.5 Å². The molecule has 15 heavy (non-hydrogen) atoms. The van der Waals surface area contributed by atoms with E-state index in [1.54, 1.807) is 0 Å². The molecule has 0 spiro atoms. The first-order chi connectivity index (χ1) is 7.24. The molecule has 1 aromatic rings. The van der Waals surface area contributed by atoms with Crippen molar-refractivity contribution in [3.63, 3.8) is 0 Å². The van der Waals surface area contributed by atoms with E-state index in [2.05, 4.69) is 10.6 Å². The predicted molar refractivity (Wildman–Crippen MR) is 56.4 cm³/mol. The van der Waals surface area contributed by atoms with Crippen molar-refractivity contribution >= 4 is 28.7 Å². The van der Waals surface area contributed by atoms with Crippen LogP contribution in [0.5, 0.6) is 0 Å². The van der Waals surface area contributed by atoms with E-state index in [0.29, 0.717) is 24.4 Å². The van der Waals surface area contributed by atoms with E-state index in [9.17, 15) is 9.59 Å². The second-order valence-electron chi connectivity index (χ2n) is 3.20. The lowest BCUT2D eigenvalue weighted by molar-refractivity contribution is -0.105. The highest BCUT2D eigenvalue weighted by Gasteiger charge is 2.24. The Kier molecular flexibility index (Phi) is 2.70. The van der Waals surface area contributed by atoms with Crippen LogP contribution in [-0.2, 0) is 17.8 Å². The number of aromatic carboxylic acids is 1. The highest BCUT2D eigenvalue weighted by atomic mass is 32.1. The van der Waals surface area contributed by atoms with Gasteiger partial charge in [0.2, 0.25) is 6.41 Å². The fourth-order valence-electron chi connectivity index (χ4n) is 1.72. The zero-order valence-corrected chi connectivity index (χ0v) is 8.69. The van der Waals surface area contributed by atoms with Crippen LogP contribution in [-0.4, -0.2) is 24.0 Å². The molecule has 5 nitrogen and oxygen atoms in total. The molecule has 0 aliphatic carbocycles. The average molecular weight is 226 g/mol. The Morgan fingerprint density at radius 1 is 1.60 bits per heavy atom. The van der Waals surface area contributed by atoms with Gasteiger partial charge in [-0.3, -0.25) is 4.79 Å². The van der Waals surface area contributed by atoms with Crippen molar-refractivity contribution in [3.05, 3.63) is 16.0 Å². The van der Waals surface area contributed by atoms with E-state index >= 15 is 0 Å². The molecule has 0 saturated carbocycles. The number of rotatable bonds is 3. The Morgan fingerprint density at radius 2 is 2.40 bits per heavy atom. The normalized spacial score (nSPS) is 14.4. The molecular weight excluding hydrogens is 216 g/mol. The molecule has 0 radical (unpaired) electrons. The fourth-order valence-corrected chi connectivity index (χ4v) is 2.88. The van der Waals surface area contributed by atoms with Crippen LogP contribution in [0.3, 0.4) is 0 Å². The highest BCUT2D eigenvalue weighted by molar-refractivity contribution is 7.16. The molecule has 1 amide bonds. The van der Waals surface area contributed by atoms with Gasteiger partial charge in [0.1, 0.15) is 5.00 Å². The second kappa shape index (κ2) is 4.00. The number of carboxylic acids is 1. The number of carboxylic acid groups (broad SMARTS) is 1. The molecule has 0 aromatic carbocycles. The molecule has 0 unspecified atom stereocenters. The van der Waals surface area contributed by atoms with E-state index < -0.39 is 5.97 Å². The smallest absolute Gasteiger partial charge is 0.339 e. The largest absolute Gasteiger partial charge is 0.478 e. The first kappa shape index (κ1) is 10.1. The van der Waals surface area contributed by atoms with Crippen LogP contribution in [0, 0.1) is 0 Å². The summed E-state index contributed by atoms with van der Waals surface area (Å²) in [5.74, 6) is -0.973. The lowest BCUT2D eigenvalue weighted by Gasteiger charge is -2.12. The summed E-state index contributed by atoms with van der Waals surface area (Å²) in [5.41, 5.74) is 1.11. The molecule has 6 heteroatoms. The molecule has 80 valence electrons. The van der Waals surface area contributed by atoms with Crippen LogP contribution < -0.4 is 10.6 Å². The Hall–Kier alpha value is -1.40. The van der Waals surface area contributed by atoms with E-state index in [1.165, 1.54) is 11.3 Å². The molecule has 0 fully saturated rings. The molecule has 3 N–H and O–H groups in total. The summed E-state index contributed by atoms with van der Waals surface area (Å²) in [4.78, 5) is 22.4. The van der Waals surface area contributed by atoms with Gasteiger partial charge in [0.25, 0.3) is 0 Å². The summed E-state index contributed by atoms with van der Waals surface area (Å²) in [7, 11) is 0. The van der Waals surface area contributed by atoms with E-state index in [1.807, 2.05) is 0 Å². The average Bonchev–Trinajstić information content (AvgIpc) is 2.56. The minimum Gasteiger partial charge on any atom is -0.478 e. The van der Waals surface area contributed by atoms with E-state index in [4.69, 9.17) is 5.11 Å². The van der Waals surface area contributed by atoms with Gasteiger partial charge >= 0.3 is 5.97 Å². The first-order valence-electron chi connectivity index (χ1n) is 4.52. The number of hydrogen-bond donors (Lipinski definition) is 3. The number of fused-ring (bicyclic) bond motifs is 1. The Morgan fingerprint density at radius 3 is 3.07 bits per heavy atom. The third kappa shape index (κ3) is 1.73. The van der Waals surface area contributed by atoms with Gasteiger partial charge in [0, 0.05) is 11.4 Å². The maximum absolute atomic E-state index is 11.1. The van der Waals surface area contributed by atoms with Gasteiger partial charge < -0.3 is 15.7 Å². The third-order valence-corrected chi connectivity index (χ3v) is 3.50. The Balaban J connectivity index is 2.50. The molecular formula is C9H10N2O3S. The molecule has 1 aliphatic rings. The monoisotopic (exact) mass is 226 g/mol. The SMILES string of the molecule is O=CNc1sc2c(c1C(=O)O)CCNC2. The maximum atomic E-state index is 11.1. The van der Waals surface area contributed by atoms with Gasteiger partial charge in [-0.1, -0.05) is 0 Å². The number of amides is 1. The number of carbonyl (C=O) groups is 2. The summed E-state index contributed by atoms with van der Waals surface area (Å²) in [6.45, 7) is 1.46. The predicted octanol–water partition coefficient (Wildman–Crippen LogP) is 0.660. The van der Waals surface area contributed by atoms with Crippen molar-refractivity contribution in [3.8, 4) is 0 Å². The molecule has 0 atom stereocenters. The lowest BCUT2D eigenvalue weighted by atomic mass is 10.0. The molecule has 1 aromatic heterocycles. The molecule has 2 heterocycles. The van der Waals surface area contributed by atoms with Gasteiger partial charge in [-0.25, -0.2) is 4.79 Å². The summed E-state index contributed by atoms with van der Waals surface area (Å²) in [5, 5.41) is 15.1. The lowest BCUT2D eigenvalue weighted by Crippen LogP contribution is -2.23. The van der Waals surface area contributed by atoms with Crippen LogP contribution in [0.25, 0.3) is 0 Å². The highest BCUT2D eigenvalue weighted by Crippen LogP contribution is 2.34. The summed E-state index contributed by atoms with van der Waals surface area (Å²) in [6.07, 6.45) is 1.21. The quantitative estimate of drug-likeness (QED) is 0.662.